The van der Waals surface area contributed by atoms with Crippen LogP contribution in [0.15, 0.2) is 66.1 Å². The molecule has 0 saturated carbocycles. The number of carbonyl (C=O) groups excluding carboxylic acids is 2. The molecular formula is C29H33N3O5S. The third-order valence-electron chi connectivity index (χ3n) is 6.00. The molecule has 1 N–H and O–H groups in total. The number of esters is 1. The summed E-state index contributed by atoms with van der Waals surface area (Å²) in [5.74, 6) is -0.0120. The number of aryl methyl sites for hydroxylation is 1. The monoisotopic (exact) mass is 535 g/mol. The molecule has 3 heterocycles. The number of pyridine rings is 2. The Morgan fingerprint density at radius 2 is 1.68 bits per heavy atom. The first-order valence-electron chi connectivity index (χ1n) is 12.5. The Labute approximate surface area is 227 Å². The van der Waals surface area contributed by atoms with Gasteiger partial charge in [-0.25, -0.2) is 9.59 Å². The maximum Gasteiger partial charge on any atom is 0.339 e. The predicted molar refractivity (Wildman–Crippen MR) is 146 cm³/mol. The molecule has 2 aromatic heterocycles. The summed E-state index contributed by atoms with van der Waals surface area (Å²) in [6.45, 7) is 8.00. The van der Waals surface area contributed by atoms with Gasteiger partial charge in [0.2, 0.25) is 0 Å². The van der Waals surface area contributed by atoms with Gasteiger partial charge in [-0.2, -0.15) is 0 Å². The number of carbonyl (C=O) groups is 3. The largest absolute Gasteiger partial charge is 0.478 e. The van der Waals surface area contributed by atoms with Crippen molar-refractivity contribution in [3.8, 4) is 0 Å². The number of hydrogen-bond donors (Lipinski definition) is 1. The minimum absolute atomic E-state index is 0.0319. The van der Waals surface area contributed by atoms with Gasteiger partial charge in [0, 0.05) is 48.5 Å². The van der Waals surface area contributed by atoms with E-state index in [0.29, 0.717) is 5.56 Å². The molecule has 0 radical (unpaired) electrons. The van der Waals surface area contributed by atoms with Crippen LogP contribution in [0.5, 0.6) is 0 Å². The standard InChI is InChI=1S/C20H24N2OS.C9H9NO4/c1-15-6-8-22(9-7-15)20(23)18-11-17(12-21-13-18)14-24-19-5-3-4-16(2)10-19;1-2-14-9(13)7-3-6(8(11)12)4-10-5-7/h3-5,10-13,15H,6-9,14H2,1-2H3;3-5H,2H2,1H3,(H,11,12). The Bertz CT molecular complexity index is 1260. The second-order valence-corrected chi connectivity index (χ2v) is 10.2. The molecule has 0 atom stereocenters. The van der Waals surface area contributed by atoms with Crippen LogP contribution in [0.1, 0.15) is 68.9 Å². The highest BCUT2D eigenvalue weighted by atomic mass is 32.2. The van der Waals surface area contributed by atoms with Crippen LogP contribution >= 0.6 is 11.8 Å². The Morgan fingerprint density at radius 1 is 1.00 bits per heavy atom. The van der Waals surface area contributed by atoms with Gasteiger partial charge in [-0.1, -0.05) is 24.6 Å². The fourth-order valence-corrected chi connectivity index (χ4v) is 4.77. The molecule has 8 nitrogen and oxygen atoms in total. The summed E-state index contributed by atoms with van der Waals surface area (Å²) >= 11 is 1.78. The minimum Gasteiger partial charge on any atom is -0.478 e. The molecule has 0 bridgehead atoms. The van der Waals surface area contributed by atoms with E-state index in [4.69, 9.17) is 9.84 Å². The van der Waals surface area contributed by atoms with Crippen molar-refractivity contribution in [1.82, 2.24) is 14.9 Å². The first-order valence-corrected chi connectivity index (χ1v) is 13.5. The molecule has 1 amide bonds. The van der Waals surface area contributed by atoms with E-state index in [1.807, 2.05) is 17.2 Å². The van der Waals surface area contributed by atoms with Crippen LogP contribution in [0.2, 0.25) is 0 Å². The van der Waals surface area contributed by atoms with Gasteiger partial charge in [0.25, 0.3) is 5.91 Å². The van der Waals surface area contributed by atoms with E-state index < -0.39 is 11.9 Å². The number of piperidine rings is 1. The van der Waals surface area contributed by atoms with Crippen molar-refractivity contribution < 1.29 is 24.2 Å². The molecule has 9 heteroatoms. The summed E-state index contributed by atoms with van der Waals surface area (Å²) in [5.41, 5.74) is 3.19. The molecule has 1 aliphatic heterocycles. The zero-order valence-corrected chi connectivity index (χ0v) is 22.7. The second-order valence-electron chi connectivity index (χ2n) is 9.15. The fraction of sp³-hybridized carbons (Fsp3) is 0.345. The number of thioether (sulfide) groups is 1. The van der Waals surface area contributed by atoms with Crippen molar-refractivity contribution in [2.45, 2.75) is 44.3 Å². The summed E-state index contributed by atoms with van der Waals surface area (Å²) < 4.78 is 4.69. The van der Waals surface area contributed by atoms with Crippen LogP contribution in [0.3, 0.4) is 0 Å². The second kappa shape index (κ2) is 14.3. The first kappa shape index (κ1) is 28.8. The summed E-state index contributed by atoms with van der Waals surface area (Å²) in [4.78, 5) is 45.5. The lowest BCUT2D eigenvalue weighted by atomic mass is 9.99. The molecule has 1 aromatic carbocycles. The lowest BCUT2D eigenvalue weighted by Gasteiger charge is -2.30. The summed E-state index contributed by atoms with van der Waals surface area (Å²) in [6, 6.07) is 11.7. The van der Waals surface area contributed by atoms with Crippen molar-refractivity contribution in [3.63, 3.8) is 0 Å². The minimum atomic E-state index is -1.12. The Balaban J connectivity index is 0.000000244. The van der Waals surface area contributed by atoms with E-state index in [9.17, 15) is 14.4 Å². The van der Waals surface area contributed by atoms with Crippen molar-refractivity contribution in [1.29, 1.82) is 0 Å². The third kappa shape index (κ3) is 8.69. The van der Waals surface area contributed by atoms with Crippen LogP contribution in [0.4, 0.5) is 0 Å². The normalized spacial score (nSPS) is 13.3. The number of carboxylic acid groups (broad SMARTS) is 1. The fourth-order valence-electron chi connectivity index (χ4n) is 3.83. The lowest BCUT2D eigenvalue weighted by Crippen LogP contribution is -2.37. The zero-order valence-electron chi connectivity index (χ0n) is 21.9. The number of carboxylic acids is 1. The number of amides is 1. The van der Waals surface area contributed by atoms with Gasteiger partial charge in [-0.15, -0.1) is 11.8 Å². The predicted octanol–water partition coefficient (Wildman–Crippen LogP) is 5.51. The smallest absolute Gasteiger partial charge is 0.339 e. The number of ether oxygens (including phenoxy) is 1. The van der Waals surface area contributed by atoms with E-state index in [1.165, 1.54) is 28.9 Å². The number of benzene rings is 1. The molecule has 0 aliphatic carbocycles. The Morgan fingerprint density at radius 3 is 2.37 bits per heavy atom. The topological polar surface area (TPSA) is 110 Å². The molecule has 38 heavy (non-hydrogen) atoms. The molecule has 4 rings (SSSR count). The van der Waals surface area contributed by atoms with Gasteiger partial charge < -0.3 is 14.7 Å². The maximum absolute atomic E-state index is 12.7. The van der Waals surface area contributed by atoms with Gasteiger partial charge in [-0.3, -0.25) is 14.8 Å². The molecule has 200 valence electrons. The molecule has 3 aromatic rings. The average Bonchev–Trinajstić information content (AvgIpc) is 2.93. The highest BCUT2D eigenvalue weighted by Gasteiger charge is 2.21. The number of nitrogens with zero attached hydrogens (tertiary/aromatic N) is 3. The van der Waals surface area contributed by atoms with Crippen molar-refractivity contribution in [2.24, 2.45) is 5.92 Å². The van der Waals surface area contributed by atoms with E-state index in [1.54, 1.807) is 24.9 Å². The van der Waals surface area contributed by atoms with Gasteiger partial charge in [0.15, 0.2) is 0 Å². The van der Waals surface area contributed by atoms with Gasteiger partial charge in [-0.05, 0) is 62.4 Å². The molecule has 0 unspecified atom stereocenters. The van der Waals surface area contributed by atoms with Crippen LogP contribution in [-0.2, 0) is 10.5 Å². The number of rotatable bonds is 7. The maximum atomic E-state index is 12.7. The van der Waals surface area contributed by atoms with Crippen molar-refractivity contribution >= 4 is 29.6 Å². The van der Waals surface area contributed by atoms with Crippen molar-refractivity contribution in [2.75, 3.05) is 19.7 Å². The van der Waals surface area contributed by atoms with Crippen molar-refractivity contribution in [3.05, 3.63) is 89.0 Å². The molecule has 1 fully saturated rings. The quantitative estimate of drug-likeness (QED) is 0.312. The van der Waals surface area contributed by atoms with Gasteiger partial charge in [0.05, 0.1) is 23.3 Å². The van der Waals surface area contributed by atoms with Gasteiger partial charge in [0.1, 0.15) is 0 Å². The van der Waals surface area contributed by atoms with Gasteiger partial charge >= 0.3 is 11.9 Å². The van der Waals surface area contributed by atoms with E-state index in [2.05, 4.69) is 48.1 Å². The third-order valence-corrected chi connectivity index (χ3v) is 7.07. The number of aromatic carboxylic acids is 1. The van der Waals surface area contributed by atoms with Crippen LogP contribution in [0.25, 0.3) is 0 Å². The van der Waals surface area contributed by atoms with E-state index >= 15 is 0 Å². The van der Waals surface area contributed by atoms with Crippen LogP contribution < -0.4 is 0 Å². The zero-order chi connectivity index (χ0) is 27.5. The SMILES string of the molecule is CCOC(=O)c1cncc(C(=O)O)c1.Cc1cccc(SCc2cncc(C(=O)N3CCC(C)CC3)c2)c1. The number of likely N-dealkylation sites (tertiary alicyclic amines) is 1. The average molecular weight is 536 g/mol. The summed E-state index contributed by atoms with van der Waals surface area (Å²) in [6.07, 6.45) is 8.19. The highest BCUT2D eigenvalue weighted by molar-refractivity contribution is 7.98. The van der Waals surface area contributed by atoms with E-state index in [0.717, 1.165) is 43.2 Å². The summed E-state index contributed by atoms with van der Waals surface area (Å²) in [5, 5.41) is 8.63. The first-order chi connectivity index (χ1) is 18.3. The number of hydrogen-bond acceptors (Lipinski definition) is 7. The molecule has 1 saturated heterocycles. The van der Waals surface area contributed by atoms with Crippen LogP contribution in [-0.4, -0.2) is 57.5 Å². The molecule has 1 aliphatic rings. The highest BCUT2D eigenvalue weighted by Crippen LogP contribution is 2.24. The van der Waals surface area contributed by atoms with E-state index in [-0.39, 0.29) is 23.6 Å². The Kier molecular flexibility index (Phi) is 10.8. The molecular weight excluding hydrogens is 502 g/mol. The Hall–Kier alpha value is -3.72. The lowest BCUT2D eigenvalue weighted by molar-refractivity contribution is 0.0525. The molecule has 0 spiro atoms. The number of aromatic nitrogens is 2. The van der Waals surface area contributed by atoms with Crippen LogP contribution in [0, 0.1) is 12.8 Å². The summed E-state index contributed by atoms with van der Waals surface area (Å²) in [7, 11) is 0.